The minimum Gasteiger partial charge on any atom is -0.477 e. The Labute approximate surface area is 314 Å². The van der Waals surface area contributed by atoms with Crippen molar-refractivity contribution in [1.29, 1.82) is 0 Å². The zero-order valence-electron chi connectivity index (χ0n) is 28.8. The molecule has 4 rings (SSSR count). The molecule has 0 aliphatic carbocycles. The molecule has 1 fully saturated rings. The molecule has 2 aromatic rings. The molecule has 282 valence electrons. The quantitative estimate of drug-likeness (QED) is 0.0433. The Hall–Kier alpha value is -4.48. The molecule has 0 aromatic carbocycles. The van der Waals surface area contributed by atoms with Crippen molar-refractivity contribution >= 4 is 93.4 Å². The normalized spacial score (nSPS) is 17.4. The Balaban J connectivity index is 1.38. The van der Waals surface area contributed by atoms with Gasteiger partial charge in [-0.2, -0.15) is 0 Å². The highest BCUT2D eigenvalue weighted by atomic mass is 32.2. The Bertz CT molecular complexity index is 1750. The molecule has 52 heavy (non-hydrogen) atoms. The van der Waals surface area contributed by atoms with Gasteiger partial charge in [-0.15, -0.1) is 33.3 Å². The lowest BCUT2D eigenvalue weighted by Crippen LogP contribution is -2.71. The van der Waals surface area contributed by atoms with Crippen molar-refractivity contribution in [3.8, 4) is 0 Å². The zero-order valence-corrected chi connectivity index (χ0v) is 32.1. The van der Waals surface area contributed by atoms with Crippen molar-refractivity contribution in [2.75, 3.05) is 30.0 Å². The van der Waals surface area contributed by atoms with Crippen molar-refractivity contribution in [3.05, 3.63) is 27.4 Å². The number of rotatable bonds is 15. The van der Waals surface area contributed by atoms with Gasteiger partial charge in [0.25, 0.3) is 11.8 Å². The first-order valence-electron chi connectivity index (χ1n) is 15.4. The maximum atomic E-state index is 13.5. The van der Waals surface area contributed by atoms with Gasteiger partial charge in [0.2, 0.25) is 6.41 Å². The number of oxime groups is 1. The smallest absolute Gasteiger partial charge is 0.408 e. The van der Waals surface area contributed by atoms with Crippen molar-refractivity contribution in [1.82, 2.24) is 36.0 Å². The fraction of sp³-hybridized carbons (Fsp3) is 0.517. The molecular weight excluding hydrogens is 763 g/mol. The number of anilines is 1. The minimum absolute atomic E-state index is 0.00639. The highest BCUT2D eigenvalue weighted by Crippen LogP contribution is 2.42. The highest BCUT2D eigenvalue weighted by Gasteiger charge is 2.54. The van der Waals surface area contributed by atoms with Crippen molar-refractivity contribution in [2.24, 2.45) is 5.16 Å². The molecule has 0 saturated carbocycles. The Morgan fingerprint density at radius 2 is 1.79 bits per heavy atom. The molecule has 2 aromatic heterocycles. The van der Waals surface area contributed by atoms with E-state index in [1.807, 2.05) is 0 Å². The van der Waals surface area contributed by atoms with Gasteiger partial charge in [-0.25, -0.2) is 19.4 Å². The maximum absolute atomic E-state index is 13.5. The molecule has 1 saturated heterocycles. The van der Waals surface area contributed by atoms with E-state index in [4.69, 9.17) is 14.3 Å². The standard InChI is InChI=1S/C29H37N9O10S4/c1-28(2,3)47-25(44)30-7-8-46-37-17(15-12-50-24(33-15)32-13-39)20(40)34-18-21(41)38-19(23(42)43)14(10-49-22(18)38)11-51-27-36-35-16(52-27)9-31-26(45)48-29(4,5)6/h12-13,18,22H,7-11H2,1-6H3,(H,30,44)(H,31,45)(H,34,40)(H,42,43)(H,32,33,39)/b37-17+/t18?,22-/m1/s1. The summed E-state index contributed by atoms with van der Waals surface area (Å²) in [6, 6.07) is -1.09. The van der Waals surface area contributed by atoms with Crippen LogP contribution in [0.15, 0.2) is 26.1 Å². The van der Waals surface area contributed by atoms with Crippen LogP contribution < -0.4 is 21.3 Å². The second-order valence-corrected chi connectivity index (χ2v) is 17.0. The molecule has 1 unspecified atom stereocenters. The fourth-order valence-electron chi connectivity index (χ4n) is 4.31. The number of thioether (sulfide) groups is 2. The molecular formula is C29H37N9O10S4. The first-order chi connectivity index (χ1) is 24.5. The molecule has 23 heteroatoms. The number of fused-ring (bicyclic) bond motifs is 1. The number of aliphatic carboxylic acids is 1. The molecule has 5 amide bonds. The highest BCUT2D eigenvalue weighted by molar-refractivity contribution is 8.01. The second-order valence-electron chi connectivity index (χ2n) is 12.7. The summed E-state index contributed by atoms with van der Waals surface area (Å²) in [5.41, 5.74) is -1.33. The average Bonchev–Trinajstić information content (AvgIpc) is 3.70. The molecule has 0 radical (unpaired) electrons. The number of carboxylic acids is 1. The Morgan fingerprint density at radius 1 is 1.10 bits per heavy atom. The molecule has 2 aliphatic heterocycles. The molecule has 2 atom stereocenters. The summed E-state index contributed by atoms with van der Waals surface area (Å²) < 4.78 is 10.9. The van der Waals surface area contributed by atoms with Gasteiger partial charge in [0, 0.05) is 16.9 Å². The van der Waals surface area contributed by atoms with Crippen molar-refractivity contribution in [3.63, 3.8) is 0 Å². The van der Waals surface area contributed by atoms with Gasteiger partial charge in [0.05, 0.1) is 13.1 Å². The van der Waals surface area contributed by atoms with Gasteiger partial charge in [-0.3, -0.25) is 19.3 Å². The van der Waals surface area contributed by atoms with Gasteiger partial charge in [0.15, 0.2) is 15.2 Å². The third-order valence-corrected chi connectivity index (χ3v) is 10.6. The van der Waals surface area contributed by atoms with E-state index >= 15 is 0 Å². The predicted molar refractivity (Wildman–Crippen MR) is 192 cm³/mol. The summed E-state index contributed by atoms with van der Waals surface area (Å²) in [5.74, 6) is -2.32. The topological polar surface area (TPSA) is 253 Å². The van der Waals surface area contributed by atoms with Crippen LogP contribution in [-0.2, 0) is 40.0 Å². The van der Waals surface area contributed by atoms with Gasteiger partial charge in [0.1, 0.15) is 45.6 Å². The van der Waals surface area contributed by atoms with Gasteiger partial charge < -0.3 is 40.7 Å². The minimum atomic E-state index is -1.30. The lowest BCUT2D eigenvalue weighted by molar-refractivity contribution is -0.150. The largest absolute Gasteiger partial charge is 0.477 e. The van der Waals surface area contributed by atoms with Crippen LogP contribution in [0.2, 0.25) is 0 Å². The monoisotopic (exact) mass is 799 g/mol. The van der Waals surface area contributed by atoms with Crippen LogP contribution in [0.1, 0.15) is 52.2 Å². The van der Waals surface area contributed by atoms with Crippen LogP contribution in [0, 0.1) is 0 Å². The number of amides is 5. The number of hydrogen-bond acceptors (Lipinski definition) is 17. The van der Waals surface area contributed by atoms with Crippen LogP contribution in [0.5, 0.6) is 0 Å². The third kappa shape index (κ3) is 11.3. The van der Waals surface area contributed by atoms with Crippen molar-refractivity contribution < 1.29 is 48.2 Å². The van der Waals surface area contributed by atoms with E-state index in [0.29, 0.717) is 21.3 Å². The first kappa shape index (κ1) is 40.3. The Kier molecular flexibility index (Phi) is 13.5. The van der Waals surface area contributed by atoms with Gasteiger partial charge in [-0.05, 0) is 47.1 Å². The lowest BCUT2D eigenvalue weighted by atomic mass is 10.0. The molecule has 5 N–H and O–H groups in total. The number of hydrogen-bond donors (Lipinski definition) is 5. The summed E-state index contributed by atoms with van der Waals surface area (Å²) in [7, 11) is 0. The van der Waals surface area contributed by atoms with E-state index in [1.54, 1.807) is 41.5 Å². The summed E-state index contributed by atoms with van der Waals surface area (Å²) in [6.45, 7) is 10.3. The van der Waals surface area contributed by atoms with Crippen LogP contribution >= 0.6 is 46.2 Å². The molecule has 0 spiro atoms. The van der Waals surface area contributed by atoms with E-state index < -0.39 is 52.6 Å². The number of β-lactam (4-membered cyclic amide) rings is 1. The van der Waals surface area contributed by atoms with E-state index in [1.165, 1.54) is 40.2 Å². The van der Waals surface area contributed by atoms with E-state index in [0.717, 1.165) is 16.2 Å². The van der Waals surface area contributed by atoms with Gasteiger partial charge >= 0.3 is 18.2 Å². The number of carbonyl (C=O) groups is 6. The SMILES string of the molecule is CC(C)(C)OC(=O)NCCO/N=C(/C(=O)NC1C(=O)N2C(C(=O)O)=C(CSc3nnc(CNC(=O)OC(C)(C)C)s3)CS[C@H]12)c1csc(NC=O)n1. The van der Waals surface area contributed by atoms with E-state index in [9.17, 15) is 33.9 Å². The summed E-state index contributed by atoms with van der Waals surface area (Å²) in [4.78, 5) is 84.4. The van der Waals surface area contributed by atoms with Crippen LogP contribution in [0.4, 0.5) is 14.7 Å². The number of carbonyl (C=O) groups excluding carboxylic acids is 5. The summed E-state index contributed by atoms with van der Waals surface area (Å²) >= 11 is 4.76. The number of ether oxygens (including phenoxy) is 2. The summed E-state index contributed by atoms with van der Waals surface area (Å²) in [6.07, 6.45) is -0.852. The zero-order chi connectivity index (χ0) is 38.2. The lowest BCUT2D eigenvalue weighted by Gasteiger charge is -2.49. The molecule has 4 heterocycles. The molecule has 2 aliphatic rings. The number of thiazole rings is 1. The van der Waals surface area contributed by atoms with Crippen LogP contribution in [-0.4, -0.2) is 115 Å². The van der Waals surface area contributed by atoms with E-state index in [2.05, 4.69) is 41.6 Å². The second kappa shape index (κ2) is 17.4. The number of alkyl carbamates (subject to hydrolysis) is 2. The Morgan fingerprint density at radius 3 is 2.44 bits per heavy atom. The molecule has 0 bridgehead atoms. The van der Waals surface area contributed by atoms with Crippen LogP contribution in [0.3, 0.4) is 0 Å². The fourth-order valence-corrected chi connectivity index (χ4v) is 8.28. The van der Waals surface area contributed by atoms with Crippen LogP contribution in [0.25, 0.3) is 0 Å². The predicted octanol–water partition coefficient (Wildman–Crippen LogP) is 2.36. The number of aromatic nitrogens is 3. The van der Waals surface area contributed by atoms with E-state index in [-0.39, 0.29) is 53.4 Å². The number of nitrogens with zero attached hydrogens (tertiary/aromatic N) is 5. The van der Waals surface area contributed by atoms with Gasteiger partial charge in [-0.1, -0.05) is 28.3 Å². The number of nitrogens with one attached hydrogen (secondary N) is 4. The average molecular weight is 800 g/mol. The third-order valence-electron chi connectivity index (χ3n) is 6.30. The first-order valence-corrected chi connectivity index (χ1v) is 19.1. The number of carboxylic acid groups (broad SMARTS) is 1. The molecule has 19 nitrogen and oxygen atoms in total. The maximum Gasteiger partial charge on any atom is 0.408 e. The van der Waals surface area contributed by atoms with Crippen molar-refractivity contribution in [2.45, 2.75) is 75.0 Å². The summed E-state index contributed by atoms with van der Waals surface area (Å²) in [5, 5.41) is 33.6.